The third-order valence-electron chi connectivity index (χ3n) is 3.39. The van der Waals surface area contributed by atoms with Crippen LogP contribution in [0.1, 0.15) is 13.8 Å². The summed E-state index contributed by atoms with van der Waals surface area (Å²) in [6, 6.07) is 0. The molecule has 100 valence electrons. The number of morpholine rings is 2. The van der Waals surface area contributed by atoms with Crippen LogP contribution in [0.3, 0.4) is 0 Å². The standard InChI is InChI=1S/C12H24N2O3/c1-9(11-7-13-3-5-15-11)17-10(2)12-8-14-4-6-16-12/h9-14H,3-8H2,1-2H3. The van der Waals surface area contributed by atoms with E-state index in [4.69, 9.17) is 14.2 Å². The Morgan fingerprint density at radius 2 is 1.41 bits per heavy atom. The zero-order valence-electron chi connectivity index (χ0n) is 10.8. The quantitative estimate of drug-likeness (QED) is 0.715. The fraction of sp³-hybridized carbons (Fsp3) is 1.00. The van der Waals surface area contributed by atoms with E-state index in [1.54, 1.807) is 0 Å². The largest absolute Gasteiger partial charge is 0.373 e. The molecule has 5 heteroatoms. The summed E-state index contributed by atoms with van der Waals surface area (Å²) in [4.78, 5) is 0. The van der Waals surface area contributed by atoms with Crippen molar-refractivity contribution in [3.8, 4) is 0 Å². The Hall–Kier alpha value is -0.200. The van der Waals surface area contributed by atoms with E-state index in [1.165, 1.54) is 0 Å². The van der Waals surface area contributed by atoms with Crippen LogP contribution in [-0.2, 0) is 14.2 Å². The second kappa shape index (κ2) is 6.66. The molecule has 0 aliphatic carbocycles. The molecule has 0 aromatic carbocycles. The summed E-state index contributed by atoms with van der Waals surface area (Å²) in [5.41, 5.74) is 0. The first-order valence-electron chi connectivity index (χ1n) is 6.57. The van der Waals surface area contributed by atoms with Gasteiger partial charge < -0.3 is 24.8 Å². The molecule has 0 aromatic rings. The van der Waals surface area contributed by atoms with Crippen molar-refractivity contribution in [2.24, 2.45) is 0 Å². The van der Waals surface area contributed by atoms with Gasteiger partial charge in [-0.05, 0) is 13.8 Å². The number of hydrogen-bond acceptors (Lipinski definition) is 5. The molecule has 2 aliphatic rings. The van der Waals surface area contributed by atoms with E-state index >= 15 is 0 Å². The molecule has 4 unspecified atom stereocenters. The maximum absolute atomic E-state index is 6.00. The Morgan fingerprint density at radius 3 is 1.76 bits per heavy atom. The normalized spacial score (nSPS) is 34.2. The Labute approximate surface area is 103 Å². The molecule has 5 nitrogen and oxygen atoms in total. The molecule has 2 rings (SSSR count). The van der Waals surface area contributed by atoms with Crippen molar-refractivity contribution >= 4 is 0 Å². The summed E-state index contributed by atoms with van der Waals surface area (Å²) in [7, 11) is 0. The van der Waals surface area contributed by atoms with Crippen molar-refractivity contribution in [3.63, 3.8) is 0 Å². The molecule has 2 heterocycles. The van der Waals surface area contributed by atoms with Crippen molar-refractivity contribution in [3.05, 3.63) is 0 Å². The molecule has 0 spiro atoms. The van der Waals surface area contributed by atoms with Crippen LogP contribution in [0, 0.1) is 0 Å². The van der Waals surface area contributed by atoms with Gasteiger partial charge in [-0.25, -0.2) is 0 Å². The lowest BCUT2D eigenvalue weighted by Crippen LogP contribution is -2.49. The highest BCUT2D eigenvalue weighted by Gasteiger charge is 2.27. The maximum atomic E-state index is 6.00. The Balaban J connectivity index is 1.74. The number of rotatable bonds is 4. The van der Waals surface area contributed by atoms with Crippen molar-refractivity contribution < 1.29 is 14.2 Å². The SMILES string of the molecule is CC(OC(C)C1CNCCO1)C1CNCCO1. The molecule has 2 aliphatic heterocycles. The van der Waals surface area contributed by atoms with E-state index in [9.17, 15) is 0 Å². The lowest BCUT2D eigenvalue weighted by Gasteiger charge is -2.34. The van der Waals surface area contributed by atoms with Gasteiger partial charge in [-0.3, -0.25) is 0 Å². The van der Waals surface area contributed by atoms with E-state index in [0.29, 0.717) is 0 Å². The molecule has 0 bridgehead atoms. The van der Waals surface area contributed by atoms with Crippen LogP contribution < -0.4 is 10.6 Å². The smallest absolute Gasteiger partial charge is 0.0958 e. The van der Waals surface area contributed by atoms with Gasteiger partial charge in [-0.15, -0.1) is 0 Å². The number of hydrogen-bond donors (Lipinski definition) is 2. The van der Waals surface area contributed by atoms with Crippen LogP contribution in [0.15, 0.2) is 0 Å². The van der Waals surface area contributed by atoms with Gasteiger partial charge in [0.25, 0.3) is 0 Å². The molecule has 0 aromatic heterocycles. The molecule has 2 fully saturated rings. The van der Waals surface area contributed by atoms with Gasteiger partial charge in [0.05, 0.1) is 37.6 Å². The van der Waals surface area contributed by atoms with E-state index < -0.39 is 0 Å². The monoisotopic (exact) mass is 244 g/mol. The predicted molar refractivity (Wildman–Crippen MR) is 65.2 cm³/mol. The highest BCUT2D eigenvalue weighted by atomic mass is 16.6. The molecule has 0 saturated carbocycles. The zero-order chi connectivity index (χ0) is 12.1. The topological polar surface area (TPSA) is 51.8 Å². The highest BCUT2D eigenvalue weighted by molar-refractivity contribution is 4.78. The summed E-state index contributed by atoms with van der Waals surface area (Å²) in [6.07, 6.45) is 0.511. The maximum Gasteiger partial charge on any atom is 0.0958 e. The fourth-order valence-electron chi connectivity index (χ4n) is 2.29. The molecular weight excluding hydrogens is 220 g/mol. The molecular formula is C12H24N2O3. The Morgan fingerprint density at radius 1 is 0.941 bits per heavy atom. The summed E-state index contributed by atoms with van der Waals surface area (Å²) < 4.78 is 17.4. The minimum atomic E-state index is 0.100. The molecule has 0 amide bonds. The second-order valence-electron chi connectivity index (χ2n) is 4.77. The summed E-state index contributed by atoms with van der Waals surface area (Å²) in [6.45, 7) is 9.31. The van der Waals surface area contributed by atoms with Gasteiger partial charge in [0, 0.05) is 26.2 Å². The van der Waals surface area contributed by atoms with Crippen LogP contribution in [0.5, 0.6) is 0 Å². The Kier molecular flexibility index (Phi) is 5.18. The highest BCUT2D eigenvalue weighted by Crippen LogP contribution is 2.13. The second-order valence-corrected chi connectivity index (χ2v) is 4.77. The average Bonchev–Trinajstić information content (AvgIpc) is 2.40. The first-order valence-corrected chi connectivity index (χ1v) is 6.57. The number of ether oxygens (including phenoxy) is 3. The van der Waals surface area contributed by atoms with Crippen molar-refractivity contribution in [2.45, 2.75) is 38.3 Å². The van der Waals surface area contributed by atoms with Crippen molar-refractivity contribution in [1.82, 2.24) is 10.6 Å². The minimum absolute atomic E-state index is 0.100. The lowest BCUT2D eigenvalue weighted by molar-refractivity contribution is -0.140. The molecule has 17 heavy (non-hydrogen) atoms. The molecule has 4 atom stereocenters. The molecule has 0 radical (unpaired) electrons. The van der Waals surface area contributed by atoms with E-state index in [0.717, 1.165) is 39.4 Å². The summed E-state index contributed by atoms with van der Waals surface area (Å²) >= 11 is 0. The van der Waals surface area contributed by atoms with Crippen LogP contribution in [0.4, 0.5) is 0 Å². The minimum Gasteiger partial charge on any atom is -0.373 e. The number of nitrogens with one attached hydrogen (secondary N) is 2. The van der Waals surface area contributed by atoms with E-state index in [2.05, 4.69) is 24.5 Å². The van der Waals surface area contributed by atoms with Gasteiger partial charge in [0.1, 0.15) is 0 Å². The van der Waals surface area contributed by atoms with Crippen molar-refractivity contribution in [2.75, 3.05) is 39.4 Å². The van der Waals surface area contributed by atoms with Gasteiger partial charge >= 0.3 is 0 Å². The average molecular weight is 244 g/mol. The van der Waals surface area contributed by atoms with Gasteiger partial charge in [-0.2, -0.15) is 0 Å². The summed E-state index contributed by atoms with van der Waals surface area (Å²) in [5, 5.41) is 6.64. The van der Waals surface area contributed by atoms with Crippen LogP contribution in [0.2, 0.25) is 0 Å². The Bertz CT molecular complexity index is 194. The van der Waals surface area contributed by atoms with Crippen LogP contribution in [-0.4, -0.2) is 63.8 Å². The van der Waals surface area contributed by atoms with E-state index in [-0.39, 0.29) is 24.4 Å². The van der Waals surface area contributed by atoms with Gasteiger partial charge in [0.2, 0.25) is 0 Å². The molecule has 2 saturated heterocycles. The third-order valence-corrected chi connectivity index (χ3v) is 3.39. The van der Waals surface area contributed by atoms with Crippen molar-refractivity contribution in [1.29, 1.82) is 0 Å². The fourth-order valence-corrected chi connectivity index (χ4v) is 2.29. The zero-order valence-corrected chi connectivity index (χ0v) is 10.8. The van der Waals surface area contributed by atoms with Gasteiger partial charge in [0.15, 0.2) is 0 Å². The van der Waals surface area contributed by atoms with Crippen LogP contribution in [0.25, 0.3) is 0 Å². The predicted octanol–water partition coefficient (Wildman–Crippen LogP) is -0.243. The van der Waals surface area contributed by atoms with E-state index in [1.807, 2.05) is 0 Å². The summed E-state index contributed by atoms with van der Waals surface area (Å²) in [5.74, 6) is 0. The van der Waals surface area contributed by atoms with Crippen LogP contribution >= 0.6 is 0 Å². The molecule has 2 N–H and O–H groups in total. The lowest BCUT2D eigenvalue weighted by atomic mass is 10.1. The van der Waals surface area contributed by atoms with Gasteiger partial charge in [-0.1, -0.05) is 0 Å². The third kappa shape index (κ3) is 3.89. The first-order chi connectivity index (χ1) is 8.27. The first kappa shape index (κ1) is 13.2.